The minimum absolute atomic E-state index is 0.158. The van der Waals surface area contributed by atoms with Crippen LogP contribution in [0, 0.1) is 20.8 Å². The molecule has 0 atom stereocenters. The van der Waals surface area contributed by atoms with Gasteiger partial charge >= 0.3 is 0 Å². The van der Waals surface area contributed by atoms with Crippen molar-refractivity contribution >= 4 is 27.2 Å². The Labute approximate surface area is 193 Å². The number of sulfonamides is 1. The molecule has 7 heteroatoms. The van der Waals surface area contributed by atoms with Crippen LogP contribution in [0.25, 0.3) is 0 Å². The molecule has 4 rings (SSSR count). The number of methoxy groups -OCH3 is 1. The van der Waals surface area contributed by atoms with Gasteiger partial charge in [0.25, 0.3) is 10.0 Å². The number of ketones is 1. The zero-order valence-corrected chi connectivity index (χ0v) is 19.7. The Balaban J connectivity index is 1.81. The molecule has 1 N–H and O–H groups in total. The standard InChI is InChI=1S/C26H24N2O4S/c1-16-13-18(3)25(14-17(16)2)33(30,31)28-23-15-24(26(29)22-8-6-5-7-21(22)23)27-19-9-11-20(32-4)12-10-19/h5-15,27H,1-4H3. The summed E-state index contributed by atoms with van der Waals surface area (Å²) in [5.74, 6) is 0.451. The van der Waals surface area contributed by atoms with Crippen LogP contribution in [0.1, 0.15) is 32.6 Å². The first-order valence-electron chi connectivity index (χ1n) is 10.4. The third kappa shape index (κ3) is 4.45. The second-order valence-corrected chi connectivity index (χ2v) is 9.51. The molecule has 0 amide bonds. The maximum atomic E-state index is 13.3. The van der Waals surface area contributed by atoms with Crippen LogP contribution in [0.4, 0.5) is 5.69 Å². The number of Topliss-reactive ketones (excluding diaryl/α,β-unsaturated/α-hetero) is 1. The van der Waals surface area contributed by atoms with Crippen LogP contribution >= 0.6 is 0 Å². The lowest BCUT2D eigenvalue weighted by Crippen LogP contribution is -2.22. The number of nitrogens with zero attached hydrogens (tertiary/aromatic N) is 1. The highest BCUT2D eigenvalue weighted by atomic mass is 32.2. The van der Waals surface area contributed by atoms with Gasteiger partial charge < -0.3 is 10.1 Å². The van der Waals surface area contributed by atoms with Crippen molar-refractivity contribution in [3.63, 3.8) is 0 Å². The number of anilines is 1. The van der Waals surface area contributed by atoms with Crippen molar-refractivity contribution in [3.8, 4) is 5.75 Å². The van der Waals surface area contributed by atoms with Crippen LogP contribution in [0.3, 0.4) is 0 Å². The average Bonchev–Trinajstić information content (AvgIpc) is 2.79. The van der Waals surface area contributed by atoms with Gasteiger partial charge in [0.1, 0.15) is 5.75 Å². The number of ether oxygens (including phenoxy) is 1. The molecular weight excluding hydrogens is 436 g/mol. The molecule has 0 saturated heterocycles. The van der Waals surface area contributed by atoms with Gasteiger partial charge in [0, 0.05) is 16.8 Å². The SMILES string of the molecule is COc1ccc(NC2=CC(=NS(=O)(=O)c3cc(C)c(C)cc3C)c3ccccc3C2=O)cc1. The Bertz CT molecular complexity index is 1420. The second kappa shape index (κ2) is 8.67. The van der Waals surface area contributed by atoms with Gasteiger partial charge in [0.2, 0.25) is 5.78 Å². The highest BCUT2D eigenvalue weighted by Gasteiger charge is 2.27. The normalized spacial score (nSPS) is 14.6. The Morgan fingerprint density at radius 1 is 0.848 bits per heavy atom. The largest absolute Gasteiger partial charge is 0.497 e. The molecule has 0 spiro atoms. The van der Waals surface area contributed by atoms with E-state index in [0.717, 1.165) is 11.1 Å². The molecule has 3 aromatic carbocycles. The van der Waals surface area contributed by atoms with E-state index in [-0.39, 0.29) is 22.1 Å². The van der Waals surface area contributed by atoms with Crippen LogP contribution < -0.4 is 10.1 Å². The molecule has 0 radical (unpaired) electrons. The van der Waals surface area contributed by atoms with Crippen molar-refractivity contribution in [2.24, 2.45) is 4.40 Å². The zero-order valence-electron chi connectivity index (χ0n) is 18.8. The van der Waals surface area contributed by atoms with Crippen molar-refractivity contribution in [1.82, 2.24) is 0 Å². The van der Waals surface area contributed by atoms with E-state index >= 15 is 0 Å². The molecule has 1 aliphatic rings. The summed E-state index contributed by atoms with van der Waals surface area (Å²) in [5.41, 5.74) is 4.50. The summed E-state index contributed by atoms with van der Waals surface area (Å²) in [4.78, 5) is 13.3. The van der Waals surface area contributed by atoms with E-state index in [0.29, 0.717) is 28.1 Å². The summed E-state index contributed by atoms with van der Waals surface area (Å²) in [7, 11) is -2.43. The fourth-order valence-corrected chi connectivity index (χ4v) is 5.02. The van der Waals surface area contributed by atoms with Crippen molar-refractivity contribution in [1.29, 1.82) is 0 Å². The fourth-order valence-electron chi connectivity index (χ4n) is 3.72. The van der Waals surface area contributed by atoms with Gasteiger partial charge in [-0.05, 0) is 73.9 Å². The van der Waals surface area contributed by atoms with Crippen LogP contribution in [0.15, 0.2) is 81.7 Å². The predicted octanol–water partition coefficient (Wildman–Crippen LogP) is 4.99. The number of fused-ring (bicyclic) bond motifs is 1. The van der Waals surface area contributed by atoms with Crippen molar-refractivity contribution in [2.45, 2.75) is 25.7 Å². The third-order valence-electron chi connectivity index (χ3n) is 5.63. The van der Waals surface area contributed by atoms with Gasteiger partial charge in [0.05, 0.1) is 23.4 Å². The Hall–Kier alpha value is -3.71. The summed E-state index contributed by atoms with van der Waals surface area (Å²) in [6.07, 6.45) is 1.49. The monoisotopic (exact) mass is 460 g/mol. The molecule has 0 heterocycles. The Morgan fingerprint density at radius 2 is 1.48 bits per heavy atom. The van der Waals surface area contributed by atoms with Gasteiger partial charge in [-0.2, -0.15) is 12.8 Å². The topological polar surface area (TPSA) is 84.8 Å². The third-order valence-corrected chi connectivity index (χ3v) is 7.06. The van der Waals surface area contributed by atoms with Gasteiger partial charge in [0.15, 0.2) is 0 Å². The van der Waals surface area contributed by atoms with E-state index in [1.54, 1.807) is 68.6 Å². The molecule has 1 aliphatic carbocycles. The predicted molar refractivity (Wildman–Crippen MR) is 130 cm³/mol. The van der Waals surface area contributed by atoms with E-state index in [4.69, 9.17) is 4.74 Å². The fraction of sp³-hybridized carbons (Fsp3) is 0.154. The van der Waals surface area contributed by atoms with E-state index in [2.05, 4.69) is 9.71 Å². The Kier molecular flexibility index (Phi) is 5.91. The first-order chi connectivity index (χ1) is 15.7. The van der Waals surface area contributed by atoms with E-state index < -0.39 is 10.0 Å². The highest BCUT2D eigenvalue weighted by molar-refractivity contribution is 7.90. The molecule has 168 valence electrons. The molecule has 0 aliphatic heterocycles. The lowest BCUT2D eigenvalue weighted by molar-refractivity contribution is 0.103. The van der Waals surface area contributed by atoms with Gasteiger partial charge in [-0.3, -0.25) is 4.79 Å². The van der Waals surface area contributed by atoms with Crippen LogP contribution in [0.5, 0.6) is 5.75 Å². The highest BCUT2D eigenvalue weighted by Crippen LogP contribution is 2.27. The van der Waals surface area contributed by atoms with Crippen LogP contribution in [-0.4, -0.2) is 27.0 Å². The maximum Gasteiger partial charge on any atom is 0.283 e. The number of carbonyl (C=O) groups excluding carboxylic acids is 1. The lowest BCUT2D eigenvalue weighted by Gasteiger charge is -2.19. The number of allylic oxidation sites excluding steroid dienone is 2. The Morgan fingerprint density at radius 3 is 2.15 bits per heavy atom. The summed E-state index contributed by atoms with van der Waals surface area (Å²) in [6.45, 7) is 5.56. The van der Waals surface area contributed by atoms with Crippen molar-refractivity contribution < 1.29 is 17.9 Å². The number of aryl methyl sites for hydroxylation is 3. The number of hydrogen-bond donors (Lipinski definition) is 1. The van der Waals surface area contributed by atoms with Crippen LogP contribution in [-0.2, 0) is 10.0 Å². The molecule has 0 bridgehead atoms. The summed E-state index contributed by atoms with van der Waals surface area (Å²) in [5, 5.41) is 3.09. The minimum atomic E-state index is -4.01. The molecular formula is C26H24N2O4S. The molecule has 33 heavy (non-hydrogen) atoms. The average molecular weight is 461 g/mol. The maximum absolute atomic E-state index is 13.3. The smallest absolute Gasteiger partial charge is 0.283 e. The van der Waals surface area contributed by atoms with E-state index in [1.165, 1.54) is 6.08 Å². The van der Waals surface area contributed by atoms with Gasteiger partial charge in [-0.25, -0.2) is 0 Å². The minimum Gasteiger partial charge on any atom is -0.497 e. The number of hydrogen-bond acceptors (Lipinski definition) is 5. The molecule has 0 saturated carbocycles. The number of nitrogens with one attached hydrogen (secondary N) is 1. The quantitative estimate of drug-likeness (QED) is 0.580. The molecule has 6 nitrogen and oxygen atoms in total. The molecule has 0 unspecified atom stereocenters. The first-order valence-corrected chi connectivity index (χ1v) is 11.8. The van der Waals surface area contributed by atoms with Crippen molar-refractivity contribution in [3.05, 3.63) is 100 Å². The van der Waals surface area contributed by atoms with Gasteiger partial charge in [-0.15, -0.1) is 0 Å². The first kappa shape index (κ1) is 22.5. The molecule has 3 aromatic rings. The number of rotatable bonds is 5. The van der Waals surface area contributed by atoms with Crippen molar-refractivity contribution in [2.75, 3.05) is 12.4 Å². The number of benzene rings is 3. The summed E-state index contributed by atoms with van der Waals surface area (Å²) >= 11 is 0. The number of carbonyl (C=O) groups is 1. The van der Waals surface area contributed by atoms with E-state index in [1.807, 2.05) is 19.9 Å². The summed E-state index contributed by atoms with van der Waals surface area (Å²) < 4.78 is 35.9. The van der Waals surface area contributed by atoms with E-state index in [9.17, 15) is 13.2 Å². The summed E-state index contributed by atoms with van der Waals surface area (Å²) in [6, 6.07) is 17.5. The molecule has 0 fully saturated rings. The van der Waals surface area contributed by atoms with Crippen LogP contribution in [0.2, 0.25) is 0 Å². The second-order valence-electron chi connectivity index (χ2n) is 7.94. The zero-order chi connectivity index (χ0) is 23.8. The van der Waals surface area contributed by atoms with Gasteiger partial charge in [-0.1, -0.05) is 30.3 Å². The lowest BCUT2D eigenvalue weighted by atomic mass is 9.92. The molecule has 0 aromatic heterocycles.